The SMILES string of the molecule is C[C@H](NC(=O)C1CCN(C(=O)C2CCCC2)CC1)c1nc(C2CC2)no1. The summed E-state index contributed by atoms with van der Waals surface area (Å²) in [5.41, 5.74) is 0. The number of hydrogen-bond acceptors (Lipinski definition) is 5. The molecule has 2 saturated carbocycles. The summed E-state index contributed by atoms with van der Waals surface area (Å²) < 4.78 is 5.29. The van der Waals surface area contributed by atoms with Crippen molar-refractivity contribution in [1.82, 2.24) is 20.4 Å². The smallest absolute Gasteiger partial charge is 0.248 e. The van der Waals surface area contributed by atoms with Gasteiger partial charge in [-0.3, -0.25) is 9.59 Å². The van der Waals surface area contributed by atoms with Crippen LogP contribution in [0.1, 0.15) is 82.0 Å². The number of likely N-dealkylation sites (tertiary alicyclic amines) is 1. The van der Waals surface area contributed by atoms with Gasteiger partial charge in [-0.15, -0.1) is 0 Å². The first-order valence-corrected chi connectivity index (χ1v) is 10.0. The van der Waals surface area contributed by atoms with Crippen LogP contribution in [-0.2, 0) is 9.59 Å². The van der Waals surface area contributed by atoms with Gasteiger partial charge in [-0.2, -0.15) is 4.98 Å². The number of hydrogen-bond donors (Lipinski definition) is 1. The van der Waals surface area contributed by atoms with E-state index in [4.69, 9.17) is 4.52 Å². The maximum atomic E-state index is 12.6. The largest absolute Gasteiger partial charge is 0.344 e. The summed E-state index contributed by atoms with van der Waals surface area (Å²) in [6.45, 7) is 3.25. The average Bonchev–Trinajstić information content (AvgIpc) is 3.15. The van der Waals surface area contributed by atoms with E-state index in [0.717, 1.165) is 44.3 Å². The molecule has 3 fully saturated rings. The van der Waals surface area contributed by atoms with E-state index >= 15 is 0 Å². The molecule has 1 saturated heterocycles. The Morgan fingerprint density at radius 3 is 2.42 bits per heavy atom. The van der Waals surface area contributed by atoms with E-state index in [9.17, 15) is 9.59 Å². The highest BCUT2D eigenvalue weighted by molar-refractivity contribution is 5.81. The molecule has 7 heteroatoms. The summed E-state index contributed by atoms with van der Waals surface area (Å²) in [6, 6.07) is -0.277. The maximum absolute atomic E-state index is 12.6. The number of aromatic nitrogens is 2. The highest BCUT2D eigenvalue weighted by Gasteiger charge is 2.33. The van der Waals surface area contributed by atoms with Crippen molar-refractivity contribution in [2.45, 2.75) is 70.3 Å². The van der Waals surface area contributed by atoms with Crippen molar-refractivity contribution in [3.8, 4) is 0 Å². The van der Waals surface area contributed by atoms with E-state index in [1.807, 2.05) is 11.8 Å². The summed E-state index contributed by atoms with van der Waals surface area (Å²) in [6.07, 6.45) is 8.11. The molecule has 2 heterocycles. The fraction of sp³-hybridized carbons (Fsp3) is 0.789. The van der Waals surface area contributed by atoms with Gasteiger partial charge in [-0.05, 0) is 45.4 Å². The molecular formula is C19H28N4O3. The zero-order chi connectivity index (χ0) is 18.1. The Hall–Kier alpha value is -1.92. The molecule has 1 N–H and O–H groups in total. The van der Waals surface area contributed by atoms with Crippen LogP contribution in [0.4, 0.5) is 0 Å². The van der Waals surface area contributed by atoms with Crippen molar-refractivity contribution in [2.24, 2.45) is 11.8 Å². The summed E-state index contributed by atoms with van der Waals surface area (Å²) in [7, 11) is 0. The summed E-state index contributed by atoms with van der Waals surface area (Å²) >= 11 is 0. The van der Waals surface area contributed by atoms with Gasteiger partial charge >= 0.3 is 0 Å². The van der Waals surface area contributed by atoms with Crippen LogP contribution in [0.3, 0.4) is 0 Å². The topological polar surface area (TPSA) is 88.3 Å². The Bertz CT molecular complexity index is 655. The highest BCUT2D eigenvalue weighted by Crippen LogP contribution is 2.38. The Labute approximate surface area is 153 Å². The molecule has 0 bridgehead atoms. The predicted molar refractivity (Wildman–Crippen MR) is 94.1 cm³/mol. The third kappa shape index (κ3) is 3.76. The van der Waals surface area contributed by atoms with Gasteiger partial charge in [0, 0.05) is 30.8 Å². The molecule has 4 rings (SSSR count). The molecule has 0 radical (unpaired) electrons. The first kappa shape index (κ1) is 17.5. The Kier molecular flexibility index (Phi) is 4.96. The number of nitrogens with zero attached hydrogens (tertiary/aromatic N) is 3. The van der Waals surface area contributed by atoms with Crippen molar-refractivity contribution < 1.29 is 14.1 Å². The van der Waals surface area contributed by atoms with Crippen LogP contribution in [-0.4, -0.2) is 39.9 Å². The molecular weight excluding hydrogens is 332 g/mol. The number of rotatable bonds is 5. The minimum Gasteiger partial charge on any atom is -0.344 e. The third-order valence-electron chi connectivity index (χ3n) is 6.01. The number of piperidine rings is 1. The lowest BCUT2D eigenvalue weighted by atomic mass is 9.94. The molecule has 7 nitrogen and oxygen atoms in total. The first-order chi connectivity index (χ1) is 12.6. The molecule has 2 aliphatic carbocycles. The third-order valence-corrected chi connectivity index (χ3v) is 6.01. The second-order valence-electron chi connectivity index (χ2n) is 8.08. The lowest BCUT2D eigenvalue weighted by Crippen LogP contribution is -2.45. The van der Waals surface area contributed by atoms with Gasteiger partial charge in [0.2, 0.25) is 17.7 Å². The molecule has 26 heavy (non-hydrogen) atoms. The van der Waals surface area contributed by atoms with Crippen LogP contribution >= 0.6 is 0 Å². The lowest BCUT2D eigenvalue weighted by Gasteiger charge is -2.33. The Morgan fingerprint density at radius 1 is 1.08 bits per heavy atom. The van der Waals surface area contributed by atoms with Crippen LogP contribution in [0, 0.1) is 11.8 Å². The van der Waals surface area contributed by atoms with E-state index in [1.165, 1.54) is 12.8 Å². The molecule has 3 aliphatic rings. The Morgan fingerprint density at radius 2 is 1.77 bits per heavy atom. The van der Waals surface area contributed by atoms with Crippen molar-refractivity contribution in [1.29, 1.82) is 0 Å². The second kappa shape index (κ2) is 7.37. The molecule has 1 atom stereocenters. The maximum Gasteiger partial charge on any atom is 0.248 e. The van der Waals surface area contributed by atoms with Crippen molar-refractivity contribution in [3.63, 3.8) is 0 Å². The van der Waals surface area contributed by atoms with E-state index in [1.54, 1.807) is 0 Å². The predicted octanol–water partition coefficient (Wildman–Crippen LogP) is 2.55. The number of carbonyl (C=O) groups excluding carboxylic acids is 2. The number of carbonyl (C=O) groups is 2. The minimum absolute atomic E-state index is 0.0247. The van der Waals surface area contributed by atoms with Crippen LogP contribution in [0.15, 0.2) is 4.52 Å². The quantitative estimate of drug-likeness (QED) is 0.872. The van der Waals surface area contributed by atoms with Crippen molar-refractivity contribution in [3.05, 3.63) is 11.7 Å². The minimum atomic E-state index is -0.277. The monoisotopic (exact) mass is 360 g/mol. The van der Waals surface area contributed by atoms with Gasteiger partial charge in [0.1, 0.15) is 6.04 Å². The lowest BCUT2D eigenvalue weighted by molar-refractivity contribution is -0.139. The molecule has 142 valence electrons. The highest BCUT2D eigenvalue weighted by atomic mass is 16.5. The normalized spacial score (nSPS) is 23.2. The van der Waals surface area contributed by atoms with E-state index in [0.29, 0.717) is 30.8 Å². The van der Waals surface area contributed by atoms with Gasteiger partial charge in [0.15, 0.2) is 5.82 Å². The molecule has 0 spiro atoms. The molecule has 0 unspecified atom stereocenters. The van der Waals surface area contributed by atoms with E-state index in [2.05, 4.69) is 15.5 Å². The molecule has 2 amide bonds. The van der Waals surface area contributed by atoms with Gasteiger partial charge in [0.25, 0.3) is 0 Å². The van der Waals surface area contributed by atoms with Crippen LogP contribution in [0.25, 0.3) is 0 Å². The van der Waals surface area contributed by atoms with Crippen LogP contribution < -0.4 is 5.32 Å². The summed E-state index contributed by atoms with van der Waals surface area (Å²) in [5, 5.41) is 7.00. The standard InChI is InChI=1S/C19H28N4O3/c1-12(18-21-16(22-26-18)13-6-7-13)20-17(24)14-8-10-23(11-9-14)19(25)15-4-2-3-5-15/h12-15H,2-11H2,1H3,(H,20,24)/t12-/m0/s1. The molecule has 0 aromatic carbocycles. The summed E-state index contributed by atoms with van der Waals surface area (Å²) in [4.78, 5) is 31.4. The zero-order valence-electron chi connectivity index (χ0n) is 15.4. The van der Waals surface area contributed by atoms with Gasteiger partial charge < -0.3 is 14.7 Å². The van der Waals surface area contributed by atoms with Crippen molar-refractivity contribution in [2.75, 3.05) is 13.1 Å². The zero-order valence-corrected chi connectivity index (χ0v) is 15.4. The number of nitrogens with one attached hydrogen (secondary N) is 1. The van der Waals surface area contributed by atoms with Gasteiger partial charge in [0.05, 0.1) is 0 Å². The molecule has 1 aliphatic heterocycles. The fourth-order valence-electron chi connectivity index (χ4n) is 4.12. The first-order valence-electron chi connectivity index (χ1n) is 10.0. The van der Waals surface area contributed by atoms with E-state index in [-0.39, 0.29) is 23.8 Å². The molecule has 1 aromatic heterocycles. The molecule has 1 aromatic rings. The van der Waals surface area contributed by atoms with Crippen LogP contribution in [0.2, 0.25) is 0 Å². The van der Waals surface area contributed by atoms with Gasteiger partial charge in [-0.25, -0.2) is 0 Å². The fourth-order valence-corrected chi connectivity index (χ4v) is 4.12. The number of amides is 2. The Balaban J connectivity index is 1.25. The van der Waals surface area contributed by atoms with Crippen LogP contribution in [0.5, 0.6) is 0 Å². The average molecular weight is 360 g/mol. The van der Waals surface area contributed by atoms with Gasteiger partial charge in [-0.1, -0.05) is 18.0 Å². The van der Waals surface area contributed by atoms with Crippen molar-refractivity contribution >= 4 is 11.8 Å². The second-order valence-corrected chi connectivity index (χ2v) is 8.08. The van der Waals surface area contributed by atoms with E-state index < -0.39 is 0 Å². The summed E-state index contributed by atoms with van der Waals surface area (Å²) in [5.74, 6) is 2.19.